The second-order valence-electron chi connectivity index (χ2n) is 7.16. The Balaban J connectivity index is 1.26. The summed E-state index contributed by atoms with van der Waals surface area (Å²) in [5.74, 6) is 2.16. The maximum absolute atomic E-state index is 12.5. The van der Waals surface area contributed by atoms with E-state index in [9.17, 15) is 4.79 Å². The molecule has 6 heteroatoms. The molecule has 1 amide bonds. The van der Waals surface area contributed by atoms with Gasteiger partial charge in [0.1, 0.15) is 5.82 Å². The summed E-state index contributed by atoms with van der Waals surface area (Å²) < 4.78 is 10.7. The first kappa shape index (κ1) is 17.6. The fourth-order valence-corrected chi connectivity index (χ4v) is 3.79. The van der Waals surface area contributed by atoms with Gasteiger partial charge in [-0.1, -0.05) is 24.3 Å². The van der Waals surface area contributed by atoms with Crippen molar-refractivity contribution in [2.24, 2.45) is 0 Å². The van der Waals surface area contributed by atoms with Crippen LogP contribution < -0.4 is 19.7 Å². The van der Waals surface area contributed by atoms with E-state index in [2.05, 4.69) is 39.5 Å². The first-order valence-electron chi connectivity index (χ1n) is 9.76. The Hall–Kier alpha value is -3.54. The summed E-state index contributed by atoms with van der Waals surface area (Å²) in [6, 6.07) is 17.8. The molecule has 5 rings (SSSR count). The number of aromatic nitrogens is 1. The first-order valence-corrected chi connectivity index (χ1v) is 9.76. The van der Waals surface area contributed by atoms with E-state index in [0.29, 0.717) is 17.9 Å². The molecular formula is C23H21N3O3. The Bertz CT molecular complexity index is 1050. The average Bonchev–Trinajstić information content (AvgIpc) is 3.25. The summed E-state index contributed by atoms with van der Waals surface area (Å²) in [7, 11) is 0. The summed E-state index contributed by atoms with van der Waals surface area (Å²) in [5, 5.41) is 2.93. The Morgan fingerprint density at radius 3 is 2.86 bits per heavy atom. The van der Waals surface area contributed by atoms with Crippen LogP contribution in [0, 0.1) is 0 Å². The zero-order chi connectivity index (χ0) is 19.6. The number of benzene rings is 2. The number of para-hydroxylation sites is 1. The van der Waals surface area contributed by atoms with Gasteiger partial charge in [-0.3, -0.25) is 4.79 Å². The molecule has 0 saturated carbocycles. The van der Waals surface area contributed by atoms with Crippen LogP contribution in [0.25, 0.3) is 0 Å². The van der Waals surface area contributed by atoms with Crippen LogP contribution in [-0.2, 0) is 13.0 Å². The summed E-state index contributed by atoms with van der Waals surface area (Å²) in [5.41, 5.74) is 4.04. The second kappa shape index (κ2) is 7.47. The monoisotopic (exact) mass is 387 g/mol. The highest BCUT2D eigenvalue weighted by molar-refractivity contribution is 5.94. The third-order valence-corrected chi connectivity index (χ3v) is 5.29. The van der Waals surface area contributed by atoms with Crippen molar-refractivity contribution in [1.82, 2.24) is 10.3 Å². The van der Waals surface area contributed by atoms with Crippen molar-refractivity contribution in [1.29, 1.82) is 0 Å². The topological polar surface area (TPSA) is 63.7 Å². The van der Waals surface area contributed by atoms with E-state index < -0.39 is 0 Å². The normalized spacial score (nSPS) is 14.4. The molecule has 2 aromatic carbocycles. The van der Waals surface area contributed by atoms with Gasteiger partial charge < -0.3 is 19.7 Å². The first-order chi connectivity index (χ1) is 14.3. The van der Waals surface area contributed by atoms with Crippen LogP contribution in [0.15, 0.2) is 60.8 Å². The van der Waals surface area contributed by atoms with Crippen LogP contribution in [0.1, 0.15) is 27.9 Å². The van der Waals surface area contributed by atoms with E-state index in [0.717, 1.165) is 36.5 Å². The van der Waals surface area contributed by atoms with Crippen LogP contribution in [0.5, 0.6) is 11.5 Å². The number of aryl methyl sites for hydroxylation is 1. The quantitative estimate of drug-likeness (QED) is 0.737. The fourth-order valence-electron chi connectivity index (χ4n) is 3.79. The minimum absolute atomic E-state index is 0.152. The molecule has 3 aromatic rings. The van der Waals surface area contributed by atoms with Crippen molar-refractivity contribution in [2.45, 2.75) is 19.4 Å². The van der Waals surface area contributed by atoms with Crippen molar-refractivity contribution < 1.29 is 14.3 Å². The maximum Gasteiger partial charge on any atom is 0.253 e. The van der Waals surface area contributed by atoms with Gasteiger partial charge in [0.2, 0.25) is 6.79 Å². The molecule has 2 aliphatic rings. The number of carbonyl (C=O) groups is 1. The molecule has 6 nitrogen and oxygen atoms in total. The van der Waals surface area contributed by atoms with Gasteiger partial charge in [-0.05, 0) is 54.3 Å². The van der Waals surface area contributed by atoms with Gasteiger partial charge in [-0.2, -0.15) is 0 Å². The number of anilines is 2. The van der Waals surface area contributed by atoms with Crippen LogP contribution in [-0.4, -0.2) is 24.2 Å². The minimum Gasteiger partial charge on any atom is -0.454 e. The number of amides is 1. The predicted molar refractivity (Wildman–Crippen MR) is 110 cm³/mol. The second-order valence-corrected chi connectivity index (χ2v) is 7.16. The number of rotatable bonds is 4. The number of hydrogen-bond acceptors (Lipinski definition) is 5. The molecule has 3 heterocycles. The van der Waals surface area contributed by atoms with Crippen molar-refractivity contribution >= 4 is 17.4 Å². The van der Waals surface area contributed by atoms with Crippen LogP contribution in [0.4, 0.5) is 11.5 Å². The molecule has 0 atom stereocenters. The van der Waals surface area contributed by atoms with Gasteiger partial charge in [0.05, 0.1) is 5.56 Å². The van der Waals surface area contributed by atoms with Crippen molar-refractivity contribution in [3.63, 3.8) is 0 Å². The van der Waals surface area contributed by atoms with Crippen molar-refractivity contribution in [3.05, 3.63) is 77.5 Å². The number of ether oxygens (including phenoxy) is 2. The molecule has 2 aliphatic heterocycles. The fraction of sp³-hybridized carbons (Fsp3) is 0.217. The molecule has 0 unspecified atom stereocenters. The Kier molecular flexibility index (Phi) is 4.52. The van der Waals surface area contributed by atoms with Crippen LogP contribution >= 0.6 is 0 Å². The summed E-state index contributed by atoms with van der Waals surface area (Å²) in [6.07, 6.45) is 3.82. The Morgan fingerprint density at radius 2 is 1.97 bits per heavy atom. The summed E-state index contributed by atoms with van der Waals surface area (Å²) in [4.78, 5) is 19.3. The van der Waals surface area contributed by atoms with E-state index in [1.807, 2.05) is 30.3 Å². The average molecular weight is 387 g/mol. The maximum atomic E-state index is 12.5. The van der Waals surface area contributed by atoms with E-state index in [1.165, 1.54) is 11.3 Å². The molecule has 0 spiro atoms. The van der Waals surface area contributed by atoms with E-state index in [1.54, 1.807) is 6.20 Å². The highest BCUT2D eigenvalue weighted by atomic mass is 16.7. The Labute approximate surface area is 169 Å². The highest BCUT2D eigenvalue weighted by Gasteiger charge is 2.19. The minimum atomic E-state index is -0.152. The Morgan fingerprint density at radius 1 is 1.07 bits per heavy atom. The zero-order valence-corrected chi connectivity index (χ0v) is 15.9. The van der Waals surface area contributed by atoms with Gasteiger partial charge in [-0.25, -0.2) is 4.98 Å². The lowest BCUT2D eigenvalue weighted by Crippen LogP contribution is -2.26. The molecule has 0 bridgehead atoms. The molecule has 0 radical (unpaired) electrons. The molecule has 0 aliphatic carbocycles. The third kappa shape index (κ3) is 3.49. The highest BCUT2D eigenvalue weighted by Crippen LogP contribution is 2.33. The number of pyridine rings is 1. The smallest absolute Gasteiger partial charge is 0.253 e. The predicted octanol–water partition coefficient (Wildman–Crippen LogP) is 3.82. The number of nitrogens with one attached hydrogen (secondary N) is 1. The SMILES string of the molecule is O=C(NCc1ccc2c(c1)OCO2)c1ccc(N2CCCc3ccccc32)nc1. The van der Waals surface area contributed by atoms with Gasteiger partial charge in [-0.15, -0.1) is 0 Å². The lowest BCUT2D eigenvalue weighted by atomic mass is 10.0. The number of hydrogen-bond donors (Lipinski definition) is 1. The van der Waals surface area contributed by atoms with Crippen molar-refractivity contribution in [3.8, 4) is 11.5 Å². The van der Waals surface area contributed by atoms with E-state index >= 15 is 0 Å². The van der Waals surface area contributed by atoms with Crippen molar-refractivity contribution in [2.75, 3.05) is 18.2 Å². The molecule has 1 aromatic heterocycles. The molecule has 0 saturated heterocycles. The van der Waals surface area contributed by atoms with Gasteiger partial charge >= 0.3 is 0 Å². The van der Waals surface area contributed by atoms with Crippen LogP contribution in [0.2, 0.25) is 0 Å². The lowest BCUT2D eigenvalue weighted by molar-refractivity contribution is 0.0950. The zero-order valence-electron chi connectivity index (χ0n) is 15.9. The number of carbonyl (C=O) groups excluding carboxylic acids is 1. The number of nitrogens with zero attached hydrogens (tertiary/aromatic N) is 2. The number of fused-ring (bicyclic) bond motifs is 2. The molecule has 1 N–H and O–H groups in total. The van der Waals surface area contributed by atoms with E-state index in [-0.39, 0.29) is 12.7 Å². The molecule has 146 valence electrons. The largest absolute Gasteiger partial charge is 0.454 e. The van der Waals surface area contributed by atoms with Crippen LogP contribution in [0.3, 0.4) is 0 Å². The summed E-state index contributed by atoms with van der Waals surface area (Å²) in [6.45, 7) is 1.58. The van der Waals surface area contributed by atoms with Gasteiger partial charge in [0, 0.05) is 25.0 Å². The lowest BCUT2D eigenvalue weighted by Gasteiger charge is -2.30. The van der Waals surface area contributed by atoms with Gasteiger partial charge in [0.15, 0.2) is 11.5 Å². The van der Waals surface area contributed by atoms with E-state index in [4.69, 9.17) is 9.47 Å². The molecule has 0 fully saturated rings. The molecule has 29 heavy (non-hydrogen) atoms. The third-order valence-electron chi connectivity index (χ3n) is 5.29. The van der Waals surface area contributed by atoms with Gasteiger partial charge in [0.25, 0.3) is 5.91 Å². The molecular weight excluding hydrogens is 366 g/mol. The summed E-state index contributed by atoms with van der Waals surface area (Å²) >= 11 is 0. The standard InChI is InChI=1S/C23H21N3O3/c27-23(25-13-16-7-9-20-21(12-16)29-15-28-20)18-8-10-22(24-14-18)26-11-3-5-17-4-1-2-6-19(17)26/h1-2,4,6-10,12,14H,3,5,11,13,15H2,(H,25,27).